The summed E-state index contributed by atoms with van der Waals surface area (Å²) in [6.45, 7) is 3.98. The molecule has 0 saturated carbocycles. The molecule has 4 aromatic rings. The zero-order valence-corrected chi connectivity index (χ0v) is 19.6. The van der Waals surface area contributed by atoms with E-state index in [0.717, 1.165) is 20.7 Å². The smallest absolute Gasteiger partial charge is 0.281 e. The number of nitro groups is 1. The Morgan fingerprint density at radius 3 is 2.63 bits per heavy atom. The lowest BCUT2D eigenvalue weighted by Crippen LogP contribution is -2.38. The number of aromatic nitrogens is 2. The second kappa shape index (κ2) is 9.28. The minimum absolute atomic E-state index is 0.0953. The highest BCUT2D eigenvalue weighted by molar-refractivity contribution is 7.19. The Morgan fingerprint density at radius 1 is 1.17 bits per heavy atom. The van der Waals surface area contributed by atoms with Gasteiger partial charge in [0, 0.05) is 35.7 Å². The molecular formula is C24H21N5O5S. The molecule has 11 heteroatoms. The van der Waals surface area contributed by atoms with Gasteiger partial charge in [-0.2, -0.15) is 0 Å². The number of aryl methyl sites for hydroxylation is 1. The first-order valence-electron chi connectivity index (χ1n) is 10.9. The van der Waals surface area contributed by atoms with Crippen molar-refractivity contribution in [2.45, 2.75) is 6.92 Å². The molecule has 3 heterocycles. The van der Waals surface area contributed by atoms with E-state index >= 15 is 0 Å². The van der Waals surface area contributed by atoms with Crippen LogP contribution in [-0.2, 0) is 4.74 Å². The maximum absolute atomic E-state index is 13.4. The maximum Gasteiger partial charge on any atom is 0.281 e. The lowest BCUT2D eigenvalue weighted by molar-refractivity contribution is -0.384. The van der Waals surface area contributed by atoms with E-state index in [1.807, 2.05) is 42.2 Å². The largest absolute Gasteiger partial charge is 0.378 e. The number of hydrogen-bond donors (Lipinski definition) is 1. The van der Waals surface area contributed by atoms with Gasteiger partial charge in [-0.3, -0.25) is 25.1 Å². The van der Waals surface area contributed by atoms with Gasteiger partial charge in [0.1, 0.15) is 11.2 Å². The highest BCUT2D eigenvalue weighted by Crippen LogP contribution is 2.35. The fourth-order valence-electron chi connectivity index (χ4n) is 4.20. The Bertz CT molecular complexity index is 1490. The van der Waals surface area contributed by atoms with Gasteiger partial charge >= 0.3 is 0 Å². The van der Waals surface area contributed by atoms with Crippen LogP contribution in [-0.4, -0.2) is 46.8 Å². The quantitative estimate of drug-likeness (QED) is 0.335. The summed E-state index contributed by atoms with van der Waals surface area (Å²) in [5, 5.41) is 11.8. The van der Waals surface area contributed by atoms with Crippen LogP contribution < -0.4 is 15.9 Å². The summed E-state index contributed by atoms with van der Waals surface area (Å²) in [5.41, 5.74) is 4.23. The van der Waals surface area contributed by atoms with Crippen molar-refractivity contribution in [3.63, 3.8) is 0 Å². The summed E-state index contributed by atoms with van der Waals surface area (Å²) >= 11 is 1.41. The molecule has 0 unspecified atom stereocenters. The zero-order valence-electron chi connectivity index (χ0n) is 18.8. The van der Waals surface area contributed by atoms with Crippen molar-refractivity contribution in [2.75, 3.05) is 36.6 Å². The topological polar surface area (TPSA) is 120 Å². The molecule has 10 nitrogen and oxygen atoms in total. The van der Waals surface area contributed by atoms with Crippen molar-refractivity contribution in [1.82, 2.24) is 9.66 Å². The van der Waals surface area contributed by atoms with Gasteiger partial charge < -0.3 is 9.64 Å². The number of rotatable bonds is 5. The Kier molecular flexibility index (Phi) is 6.01. The number of nitro benzene ring substituents is 1. The highest BCUT2D eigenvalue weighted by Gasteiger charge is 2.23. The van der Waals surface area contributed by atoms with Crippen LogP contribution in [0.2, 0.25) is 0 Å². The van der Waals surface area contributed by atoms with Crippen molar-refractivity contribution in [2.24, 2.45) is 0 Å². The van der Waals surface area contributed by atoms with E-state index in [1.54, 1.807) is 6.07 Å². The Morgan fingerprint density at radius 2 is 1.91 bits per heavy atom. The van der Waals surface area contributed by atoms with Crippen LogP contribution in [0.25, 0.3) is 21.3 Å². The monoisotopic (exact) mass is 491 g/mol. The van der Waals surface area contributed by atoms with Crippen molar-refractivity contribution in [1.29, 1.82) is 0 Å². The van der Waals surface area contributed by atoms with Gasteiger partial charge in [0.25, 0.3) is 17.2 Å². The Balaban J connectivity index is 1.56. The predicted molar refractivity (Wildman–Crippen MR) is 134 cm³/mol. The first kappa shape index (κ1) is 22.7. The molecule has 1 saturated heterocycles. The number of carbonyl (C=O) groups excluding carboxylic acids is 1. The average Bonchev–Trinajstić information content (AvgIpc) is 3.23. The van der Waals surface area contributed by atoms with E-state index in [1.165, 1.54) is 29.8 Å². The summed E-state index contributed by atoms with van der Waals surface area (Å²) in [4.78, 5) is 45.4. The van der Waals surface area contributed by atoms with Gasteiger partial charge in [0.15, 0.2) is 0 Å². The first-order chi connectivity index (χ1) is 16.9. The minimum atomic E-state index is -0.647. The summed E-state index contributed by atoms with van der Waals surface area (Å²) in [5.74, 6) is -0.647. The number of morpholine rings is 1. The van der Waals surface area contributed by atoms with E-state index in [9.17, 15) is 19.7 Å². The van der Waals surface area contributed by atoms with Gasteiger partial charge in [-0.25, -0.2) is 9.66 Å². The second-order valence-corrected chi connectivity index (χ2v) is 9.20. The fourth-order valence-corrected chi connectivity index (χ4v) is 5.21. The van der Waals surface area contributed by atoms with Gasteiger partial charge in [0.05, 0.1) is 34.8 Å². The third kappa shape index (κ3) is 4.27. The SMILES string of the molecule is Cc1sc2ncn(NC(=O)c3cc([N+](=O)[O-])ccc3N3CCOCC3)c(=O)c2c1-c1ccccc1. The molecule has 0 aliphatic carbocycles. The van der Waals surface area contributed by atoms with Gasteiger partial charge in [-0.15, -0.1) is 11.3 Å². The summed E-state index contributed by atoms with van der Waals surface area (Å²) in [6, 6.07) is 13.7. The van der Waals surface area contributed by atoms with Crippen LogP contribution in [0, 0.1) is 17.0 Å². The maximum atomic E-state index is 13.4. The molecule has 178 valence electrons. The van der Waals surface area contributed by atoms with Crippen molar-refractivity contribution in [3.05, 3.63) is 85.8 Å². The minimum Gasteiger partial charge on any atom is -0.378 e. The van der Waals surface area contributed by atoms with Gasteiger partial charge in [-0.1, -0.05) is 30.3 Å². The molecule has 1 fully saturated rings. The molecule has 2 aromatic heterocycles. The highest BCUT2D eigenvalue weighted by atomic mass is 32.1. The molecule has 5 rings (SSSR count). The van der Waals surface area contributed by atoms with Crippen LogP contribution in [0.5, 0.6) is 0 Å². The Hall–Kier alpha value is -4.09. The molecule has 0 radical (unpaired) electrons. The van der Waals surface area contributed by atoms with E-state index in [2.05, 4.69) is 10.4 Å². The van der Waals surface area contributed by atoms with Gasteiger partial charge in [-0.05, 0) is 18.6 Å². The summed E-state index contributed by atoms with van der Waals surface area (Å²) in [6.07, 6.45) is 1.26. The Labute approximate surface area is 203 Å². The number of amides is 1. The number of fused-ring (bicyclic) bond motifs is 1. The number of anilines is 1. The van der Waals surface area contributed by atoms with Crippen LogP contribution in [0.1, 0.15) is 15.2 Å². The van der Waals surface area contributed by atoms with Crippen LogP contribution in [0.15, 0.2) is 59.7 Å². The van der Waals surface area contributed by atoms with E-state index in [0.29, 0.717) is 42.2 Å². The van der Waals surface area contributed by atoms with Crippen molar-refractivity contribution >= 4 is 38.8 Å². The molecule has 1 amide bonds. The standard InChI is InChI=1S/C24H21N5O5S/c1-15-20(16-5-3-2-4-6-16)21-23(35-15)25-14-28(24(21)31)26-22(30)18-13-17(29(32)33)7-8-19(18)27-9-11-34-12-10-27/h2-8,13-14H,9-12H2,1H3,(H,26,30). The lowest BCUT2D eigenvalue weighted by atomic mass is 10.0. The summed E-state index contributed by atoms with van der Waals surface area (Å²) in [7, 11) is 0. The number of hydrogen-bond acceptors (Lipinski definition) is 8. The fraction of sp³-hybridized carbons (Fsp3) is 0.208. The van der Waals surface area contributed by atoms with Crippen molar-refractivity contribution in [3.8, 4) is 11.1 Å². The molecule has 1 aliphatic rings. The van der Waals surface area contributed by atoms with Crippen LogP contribution in [0.4, 0.5) is 11.4 Å². The number of non-ortho nitro benzene ring substituents is 1. The molecule has 0 spiro atoms. The number of benzene rings is 2. The van der Waals surface area contributed by atoms with E-state index in [4.69, 9.17) is 4.74 Å². The predicted octanol–water partition coefficient (Wildman–Crippen LogP) is 3.56. The average molecular weight is 492 g/mol. The van der Waals surface area contributed by atoms with Crippen LogP contribution in [0.3, 0.4) is 0 Å². The molecule has 1 aliphatic heterocycles. The molecule has 0 atom stereocenters. The third-order valence-electron chi connectivity index (χ3n) is 5.86. The van der Waals surface area contributed by atoms with Crippen LogP contribution >= 0.6 is 11.3 Å². The number of ether oxygens (including phenoxy) is 1. The molecule has 2 aromatic carbocycles. The number of nitrogens with zero attached hydrogens (tertiary/aromatic N) is 4. The van der Waals surface area contributed by atoms with E-state index < -0.39 is 16.4 Å². The molecular weight excluding hydrogens is 470 g/mol. The lowest BCUT2D eigenvalue weighted by Gasteiger charge is -2.30. The molecule has 0 bridgehead atoms. The summed E-state index contributed by atoms with van der Waals surface area (Å²) < 4.78 is 6.42. The van der Waals surface area contributed by atoms with Gasteiger partial charge in [0.2, 0.25) is 0 Å². The first-order valence-corrected chi connectivity index (χ1v) is 11.7. The molecule has 1 N–H and O–H groups in total. The van der Waals surface area contributed by atoms with Crippen molar-refractivity contribution < 1.29 is 14.5 Å². The molecule has 35 heavy (non-hydrogen) atoms. The van der Waals surface area contributed by atoms with E-state index in [-0.39, 0.29) is 11.3 Å². The second-order valence-electron chi connectivity index (χ2n) is 8.00. The zero-order chi connectivity index (χ0) is 24.5. The number of thiophene rings is 1. The number of carbonyl (C=O) groups is 1. The third-order valence-corrected chi connectivity index (χ3v) is 6.87. The number of nitrogens with one attached hydrogen (secondary N) is 1. The normalized spacial score (nSPS) is 13.7.